The Kier molecular flexibility index (Phi) is 5.07. The van der Waals surface area contributed by atoms with Crippen LogP contribution in [0.4, 0.5) is 5.69 Å². The van der Waals surface area contributed by atoms with Crippen LogP contribution in [0, 0.1) is 0 Å². The van der Waals surface area contributed by atoms with E-state index in [1.807, 2.05) is 56.3 Å². The summed E-state index contributed by atoms with van der Waals surface area (Å²) < 4.78 is 1.14. The van der Waals surface area contributed by atoms with Crippen molar-refractivity contribution in [3.8, 4) is 0 Å². The summed E-state index contributed by atoms with van der Waals surface area (Å²) in [6.07, 6.45) is 0. The SMILES string of the molecule is CC(=O)C1=C(C)NC(C)=C(C(=O)Nc2ccccc2)C1c1csc2ccccc12. The van der Waals surface area contributed by atoms with E-state index in [4.69, 9.17) is 0 Å². The molecule has 2 N–H and O–H groups in total. The average molecular weight is 403 g/mol. The molecule has 0 spiro atoms. The zero-order chi connectivity index (χ0) is 20.5. The molecule has 1 unspecified atom stereocenters. The highest BCUT2D eigenvalue weighted by Gasteiger charge is 2.36. The highest BCUT2D eigenvalue weighted by Crippen LogP contribution is 2.43. The van der Waals surface area contributed by atoms with E-state index in [1.54, 1.807) is 18.3 Å². The summed E-state index contributed by atoms with van der Waals surface area (Å²) >= 11 is 1.63. The number of hydrogen-bond donors (Lipinski definition) is 2. The monoisotopic (exact) mass is 402 g/mol. The van der Waals surface area contributed by atoms with E-state index < -0.39 is 5.92 Å². The fraction of sp³-hybridized carbons (Fsp3) is 0.167. The lowest BCUT2D eigenvalue weighted by molar-refractivity contribution is -0.114. The minimum absolute atomic E-state index is 0.0345. The molecule has 0 saturated heterocycles. The zero-order valence-electron chi connectivity index (χ0n) is 16.6. The van der Waals surface area contributed by atoms with Crippen molar-refractivity contribution in [1.29, 1.82) is 0 Å². The average Bonchev–Trinajstić information content (AvgIpc) is 3.11. The van der Waals surface area contributed by atoms with Crippen molar-refractivity contribution in [2.75, 3.05) is 5.32 Å². The minimum Gasteiger partial charge on any atom is -0.362 e. The molecule has 4 rings (SSSR count). The summed E-state index contributed by atoms with van der Waals surface area (Å²) in [4.78, 5) is 26.0. The van der Waals surface area contributed by atoms with Crippen LogP contribution in [-0.4, -0.2) is 11.7 Å². The molecule has 0 saturated carbocycles. The molecule has 1 aliphatic rings. The van der Waals surface area contributed by atoms with Gasteiger partial charge in [0.1, 0.15) is 0 Å². The molecular formula is C24H22N2O2S. The van der Waals surface area contributed by atoms with Crippen molar-refractivity contribution in [1.82, 2.24) is 5.32 Å². The third kappa shape index (κ3) is 3.49. The maximum atomic E-state index is 13.4. The second-order valence-corrected chi connectivity index (χ2v) is 8.11. The van der Waals surface area contributed by atoms with Gasteiger partial charge in [0, 0.05) is 38.8 Å². The van der Waals surface area contributed by atoms with E-state index >= 15 is 0 Å². The Balaban J connectivity index is 1.86. The molecule has 5 heteroatoms. The molecule has 1 atom stereocenters. The molecule has 0 aliphatic carbocycles. The summed E-state index contributed by atoms with van der Waals surface area (Å²) in [5.74, 6) is -0.644. The van der Waals surface area contributed by atoms with Gasteiger partial charge in [0.2, 0.25) is 0 Å². The minimum atomic E-state index is -0.409. The smallest absolute Gasteiger partial charge is 0.254 e. The molecule has 2 heterocycles. The lowest BCUT2D eigenvalue weighted by atomic mass is 9.78. The number of rotatable bonds is 4. The molecule has 0 bridgehead atoms. The highest BCUT2D eigenvalue weighted by molar-refractivity contribution is 7.17. The summed E-state index contributed by atoms with van der Waals surface area (Å²) in [5, 5.41) is 9.38. The molecule has 4 nitrogen and oxygen atoms in total. The van der Waals surface area contributed by atoms with Gasteiger partial charge in [-0.15, -0.1) is 11.3 Å². The van der Waals surface area contributed by atoms with E-state index in [9.17, 15) is 9.59 Å². The van der Waals surface area contributed by atoms with Crippen LogP contribution in [0.1, 0.15) is 32.3 Å². The molecular weight excluding hydrogens is 380 g/mol. The first-order chi connectivity index (χ1) is 14.0. The first-order valence-electron chi connectivity index (χ1n) is 9.49. The van der Waals surface area contributed by atoms with E-state index in [1.165, 1.54) is 0 Å². The van der Waals surface area contributed by atoms with Crippen LogP contribution in [0.2, 0.25) is 0 Å². The van der Waals surface area contributed by atoms with Crippen LogP contribution in [0.3, 0.4) is 0 Å². The third-order valence-electron chi connectivity index (χ3n) is 5.24. The Morgan fingerprint density at radius 1 is 0.931 bits per heavy atom. The number of Topliss-reactive ketones (excluding diaryl/α,β-unsaturated/α-hetero) is 1. The maximum Gasteiger partial charge on any atom is 0.254 e. The number of fused-ring (bicyclic) bond motifs is 1. The number of amides is 1. The second-order valence-electron chi connectivity index (χ2n) is 7.20. The van der Waals surface area contributed by atoms with Gasteiger partial charge in [-0.3, -0.25) is 9.59 Å². The van der Waals surface area contributed by atoms with Crippen LogP contribution < -0.4 is 10.6 Å². The molecule has 146 valence electrons. The van der Waals surface area contributed by atoms with Crippen molar-refractivity contribution >= 4 is 38.8 Å². The number of anilines is 1. The predicted molar refractivity (Wildman–Crippen MR) is 119 cm³/mol. The van der Waals surface area contributed by atoms with Crippen LogP contribution in [-0.2, 0) is 9.59 Å². The molecule has 29 heavy (non-hydrogen) atoms. The number of carbonyl (C=O) groups excluding carboxylic acids is 2. The number of ketones is 1. The number of dihydropyridines is 1. The normalized spacial score (nSPS) is 16.7. The van der Waals surface area contributed by atoms with Gasteiger partial charge in [-0.2, -0.15) is 0 Å². The number of carbonyl (C=O) groups is 2. The number of hydrogen-bond acceptors (Lipinski definition) is 4. The van der Waals surface area contributed by atoms with Gasteiger partial charge in [-0.1, -0.05) is 36.4 Å². The standard InChI is InChI=1S/C24H22N2O2S/c1-14-21(16(3)27)23(19-13-29-20-12-8-7-11-18(19)20)22(15(2)25-14)24(28)26-17-9-5-4-6-10-17/h4-13,23,25H,1-3H3,(H,26,28). The quantitative estimate of drug-likeness (QED) is 0.617. The van der Waals surface area contributed by atoms with Gasteiger partial charge < -0.3 is 10.6 Å². The molecule has 1 aliphatic heterocycles. The molecule has 1 aromatic heterocycles. The second kappa shape index (κ2) is 7.68. The fourth-order valence-electron chi connectivity index (χ4n) is 4.01. The van der Waals surface area contributed by atoms with Crippen molar-refractivity contribution in [3.05, 3.63) is 88.1 Å². The largest absolute Gasteiger partial charge is 0.362 e. The zero-order valence-corrected chi connectivity index (χ0v) is 17.4. The predicted octanol–water partition coefficient (Wildman–Crippen LogP) is 5.36. The van der Waals surface area contributed by atoms with Crippen molar-refractivity contribution in [2.24, 2.45) is 0 Å². The van der Waals surface area contributed by atoms with Crippen LogP contribution in [0.15, 0.2) is 82.5 Å². The maximum absolute atomic E-state index is 13.4. The van der Waals surface area contributed by atoms with E-state index in [0.717, 1.165) is 32.7 Å². The first kappa shape index (κ1) is 19.2. The Labute approximate surface area is 173 Å². The van der Waals surface area contributed by atoms with Crippen molar-refractivity contribution < 1.29 is 9.59 Å². The van der Waals surface area contributed by atoms with Gasteiger partial charge in [0.15, 0.2) is 5.78 Å². The number of allylic oxidation sites excluding steroid dienone is 3. The Morgan fingerprint density at radius 2 is 1.59 bits per heavy atom. The summed E-state index contributed by atoms with van der Waals surface area (Å²) in [5.41, 5.74) is 4.50. The third-order valence-corrected chi connectivity index (χ3v) is 6.22. The van der Waals surface area contributed by atoms with Crippen molar-refractivity contribution in [2.45, 2.75) is 26.7 Å². The van der Waals surface area contributed by atoms with Gasteiger partial charge in [-0.05, 0) is 55.3 Å². The number of benzene rings is 2. The molecule has 3 aromatic rings. The summed E-state index contributed by atoms with van der Waals surface area (Å²) in [6.45, 7) is 5.35. The lowest BCUT2D eigenvalue weighted by Crippen LogP contribution is -2.32. The fourth-order valence-corrected chi connectivity index (χ4v) is 5.00. The Bertz CT molecular complexity index is 1170. The van der Waals surface area contributed by atoms with Gasteiger partial charge in [0.25, 0.3) is 5.91 Å². The number of para-hydroxylation sites is 1. The van der Waals surface area contributed by atoms with Gasteiger partial charge >= 0.3 is 0 Å². The lowest BCUT2D eigenvalue weighted by Gasteiger charge is -2.30. The highest BCUT2D eigenvalue weighted by atomic mass is 32.1. The summed E-state index contributed by atoms with van der Waals surface area (Å²) in [7, 11) is 0. The summed E-state index contributed by atoms with van der Waals surface area (Å²) in [6, 6.07) is 17.5. The molecule has 2 aromatic carbocycles. The number of nitrogens with one attached hydrogen (secondary N) is 2. The van der Waals surface area contributed by atoms with Crippen LogP contribution in [0.5, 0.6) is 0 Å². The van der Waals surface area contributed by atoms with Crippen molar-refractivity contribution in [3.63, 3.8) is 0 Å². The van der Waals surface area contributed by atoms with Gasteiger partial charge in [0.05, 0.1) is 0 Å². The Hall–Kier alpha value is -3.18. The van der Waals surface area contributed by atoms with Crippen LogP contribution in [0.25, 0.3) is 10.1 Å². The number of thiophene rings is 1. The van der Waals surface area contributed by atoms with Gasteiger partial charge in [-0.25, -0.2) is 0 Å². The molecule has 0 radical (unpaired) electrons. The Morgan fingerprint density at radius 3 is 2.31 bits per heavy atom. The molecule has 1 amide bonds. The topological polar surface area (TPSA) is 58.2 Å². The van der Waals surface area contributed by atoms with Crippen LogP contribution >= 0.6 is 11.3 Å². The van der Waals surface area contributed by atoms with E-state index in [2.05, 4.69) is 28.1 Å². The molecule has 0 fully saturated rings. The first-order valence-corrected chi connectivity index (χ1v) is 10.4. The van der Waals surface area contributed by atoms with E-state index in [-0.39, 0.29) is 11.7 Å². The van der Waals surface area contributed by atoms with E-state index in [0.29, 0.717) is 11.1 Å².